The van der Waals surface area contributed by atoms with Gasteiger partial charge in [0.1, 0.15) is 5.82 Å². The van der Waals surface area contributed by atoms with Crippen LogP contribution in [0.1, 0.15) is 57.7 Å². The molecular weight excluding hydrogens is 481 g/mol. The van der Waals surface area contributed by atoms with Gasteiger partial charge in [-0.1, -0.05) is 6.42 Å². The van der Waals surface area contributed by atoms with E-state index in [1.165, 1.54) is 25.8 Å². The van der Waals surface area contributed by atoms with Gasteiger partial charge in [0.2, 0.25) is 0 Å². The third-order valence-electron chi connectivity index (χ3n) is 5.95. The number of rotatable bonds is 8. The van der Waals surface area contributed by atoms with Crippen molar-refractivity contribution >= 4 is 29.9 Å². The fourth-order valence-electron chi connectivity index (χ4n) is 4.23. The van der Waals surface area contributed by atoms with E-state index in [0.29, 0.717) is 6.54 Å². The van der Waals surface area contributed by atoms with Gasteiger partial charge in [0.15, 0.2) is 5.96 Å². The number of fused-ring (bicyclic) bond motifs is 1. The van der Waals surface area contributed by atoms with Crippen LogP contribution in [-0.2, 0) is 19.5 Å². The predicted molar refractivity (Wildman–Crippen MR) is 128 cm³/mol. The van der Waals surface area contributed by atoms with Crippen molar-refractivity contribution in [3.8, 4) is 0 Å². The summed E-state index contributed by atoms with van der Waals surface area (Å²) in [4.78, 5) is 19.2. The Morgan fingerprint density at radius 2 is 1.83 bits per heavy atom. The zero-order valence-electron chi connectivity index (χ0n) is 18.0. The molecule has 0 spiro atoms. The monoisotopic (exact) mass is 519 g/mol. The smallest absolute Gasteiger partial charge is 0.345 e. The lowest BCUT2D eigenvalue weighted by Gasteiger charge is -2.33. The average Bonchev–Trinajstić information content (AvgIpc) is 3.04. The second-order valence-electron chi connectivity index (χ2n) is 8.04. The van der Waals surface area contributed by atoms with Crippen molar-refractivity contribution in [2.24, 2.45) is 4.99 Å². The maximum absolute atomic E-state index is 12.3. The average molecular weight is 519 g/mol. The summed E-state index contributed by atoms with van der Waals surface area (Å²) in [6.07, 6.45) is 9.16. The molecule has 8 nitrogen and oxygen atoms in total. The number of halogens is 1. The molecule has 2 aliphatic heterocycles. The number of hydrogen-bond donors (Lipinski definition) is 2. The van der Waals surface area contributed by atoms with Crippen molar-refractivity contribution < 1.29 is 0 Å². The molecule has 166 valence electrons. The number of aliphatic imine (C=N–C) groups is 1. The molecule has 1 fully saturated rings. The lowest BCUT2D eigenvalue weighted by atomic mass is 10.0. The van der Waals surface area contributed by atoms with E-state index in [4.69, 9.17) is 0 Å². The van der Waals surface area contributed by atoms with Crippen LogP contribution in [-0.4, -0.2) is 64.5 Å². The van der Waals surface area contributed by atoms with E-state index < -0.39 is 0 Å². The van der Waals surface area contributed by atoms with Gasteiger partial charge in [-0.25, -0.2) is 9.48 Å². The molecule has 1 aromatic rings. The summed E-state index contributed by atoms with van der Waals surface area (Å²) >= 11 is 0. The van der Waals surface area contributed by atoms with E-state index in [0.717, 1.165) is 76.1 Å². The second kappa shape index (κ2) is 12.6. The van der Waals surface area contributed by atoms with Gasteiger partial charge in [-0.2, -0.15) is 5.10 Å². The minimum Gasteiger partial charge on any atom is -0.356 e. The molecule has 1 saturated heterocycles. The van der Waals surface area contributed by atoms with Crippen molar-refractivity contribution in [3.05, 3.63) is 16.3 Å². The van der Waals surface area contributed by atoms with Crippen LogP contribution in [0.3, 0.4) is 0 Å². The molecule has 1 atom stereocenters. The van der Waals surface area contributed by atoms with E-state index in [9.17, 15) is 4.79 Å². The fraction of sp³-hybridized carbons (Fsp3) is 0.850. The third-order valence-corrected chi connectivity index (χ3v) is 5.95. The van der Waals surface area contributed by atoms with Crippen LogP contribution >= 0.6 is 24.0 Å². The Balaban J connectivity index is 0.00000300. The second-order valence-corrected chi connectivity index (χ2v) is 8.04. The molecule has 2 aliphatic rings. The van der Waals surface area contributed by atoms with E-state index in [-0.39, 0.29) is 29.7 Å². The zero-order valence-corrected chi connectivity index (χ0v) is 20.4. The summed E-state index contributed by atoms with van der Waals surface area (Å²) in [7, 11) is 1.80. The normalized spacial score (nSPS) is 20.1. The Morgan fingerprint density at radius 1 is 1.10 bits per heavy atom. The SMILES string of the molecule is CN=C(NCCCN1CCCCC1C)NCCCn1nc2n(c1=O)CCCC2.I. The van der Waals surface area contributed by atoms with Gasteiger partial charge in [-0.05, 0) is 52.0 Å². The maximum atomic E-state index is 12.3. The Morgan fingerprint density at radius 3 is 2.52 bits per heavy atom. The first-order chi connectivity index (χ1) is 13.7. The summed E-state index contributed by atoms with van der Waals surface area (Å²) < 4.78 is 3.46. The van der Waals surface area contributed by atoms with Gasteiger partial charge in [-0.3, -0.25) is 9.56 Å². The minimum absolute atomic E-state index is 0. The highest BCUT2D eigenvalue weighted by molar-refractivity contribution is 14.0. The van der Waals surface area contributed by atoms with E-state index in [1.807, 2.05) is 4.57 Å². The maximum Gasteiger partial charge on any atom is 0.345 e. The van der Waals surface area contributed by atoms with Crippen molar-refractivity contribution in [2.45, 2.75) is 77.4 Å². The fourth-order valence-corrected chi connectivity index (χ4v) is 4.23. The van der Waals surface area contributed by atoms with Gasteiger partial charge in [0.05, 0.1) is 0 Å². The van der Waals surface area contributed by atoms with E-state index in [2.05, 4.69) is 32.5 Å². The number of nitrogens with zero attached hydrogens (tertiary/aromatic N) is 5. The Bertz CT molecular complexity index is 699. The van der Waals surface area contributed by atoms with Crippen LogP contribution in [0.4, 0.5) is 0 Å². The van der Waals surface area contributed by atoms with Gasteiger partial charge in [0.25, 0.3) is 0 Å². The molecule has 0 aliphatic carbocycles. The lowest BCUT2D eigenvalue weighted by Crippen LogP contribution is -2.41. The Kier molecular flexibility index (Phi) is 10.5. The topological polar surface area (TPSA) is 79.5 Å². The standard InChI is InChI=1S/C20H37N7O.HI/c1-17-9-3-5-13-25(17)14-7-11-22-19(21-2)23-12-8-16-27-20(28)26-15-6-4-10-18(26)24-27;/h17H,3-16H2,1-2H3,(H2,21,22,23);1H. The lowest BCUT2D eigenvalue weighted by molar-refractivity contribution is 0.159. The van der Waals surface area contributed by atoms with Gasteiger partial charge in [0, 0.05) is 52.2 Å². The summed E-state index contributed by atoms with van der Waals surface area (Å²) in [6, 6.07) is 0.725. The zero-order chi connectivity index (χ0) is 19.8. The molecule has 0 amide bonds. The van der Waals surface area contributed by atoms with Crippen LogP contribution in [0, 0.1) is 0 Å². The molecule has 0 bridgehead atoms. The predicted octanol–water partition coefficient (Wildman–Crippen LogP) is 1.82. The van der Waals surface area contributed by atoms with Crippen molar-refractivity contribution in [3.63, 3.8) is 0 Å². The van der Waals surface area contributed by atoms with Gasteiger partial charge in [-0.15, -0.1) is 24.0 Å². The van der Waals surface area contributed by atoms with Crippen LogP contribution in [0.5, 0.6) is 0 Å². The number of hydrogen-bond acceptors (Lipinski definition) is 4. The molecule has 29 heavy (non-hydrogen) atoms. The van der Waals surface area contributed by atoms with Crippen LogP contribution in [0.2, 0.25) is 0 Å². The Labute approximate surface area is 191 Å². The molecule has 3 rings (SSSR count). The molecule has 2 N–H and O–H groups in total. The molecule has 0 aromatic carbocycles. The van der Waals surface area contributed by atoms with Crippen molar-refractivity contribution in [1.29, 1.82) is 0 Å². The molecule has 9 heteroatoms. The molecular formula is C20H38IN7O. The summed E-state index contributed by atoms with van der Waals surface area (Å²) in [6.45, 7) is 7.90. The first-order valence-electron chi connectivity index (χ1n) is 11.0. The van der Waals surface area contributed by atoms with E-state index in [1.54, 1.807) is 11.7 Å². The first kappa shape index (κ1) is 24.2. The summed E-state index contributed by atoms with van der Waals surface area (Å²) in [5.74, 6) is 1.79. The van der Waals surface area contributed by atoms with Crippen LogP contribution < -0.4 is 16.3 Å². The van der Waals surface area contributed by atoms with E-state index >= 15 is 0 Å². The highest BCUT2D eigenvalue weighted by atomic mass is 127. The van der Waals surface area contributed by atoms with Crippen LogP contribution in [0.25, 0.3) is 0 Å². The highest BCUT2D eigenvalue weighted by Gasteiger charge is 2.17. The molecule has 1 aromatic heterocycles. The number of aromatic nitrogens is 3. The quantitative estimate of drug-likeness (QED) is 0.237. The van der Waals surface area contributed by atoms with Crippen LogP contribution in [0.15, 0.2) is 9.79 Å². The number of likely N-dealkylation sites (tertiary alicyclic amines) is 1. The van der Waals surface area contributed by atoms with Crippen molar-refractivity contribution in [2.75, 3.05) is 33.2 Å². The first-order valence-corrected chi connectivity index (χ1v) is 11.0. The van der Waals surface area contributed by atoms with Gasteiger partial charge >= 0.3 is 5.69 Å². The summed E-state index contributed by atoms with van der Waals surface area (Å²) in [5, 5.41) is 11.2. The molecule has 0 radical (unpaired) electrons. The summed E-state index contributed by atoms with van der Waals surface area (Å²) in [5.41, 5.74) is 0.0455. The molecule has 3 heterocycles. The number of aryl methyl sites for hydroxylation is 2. The number of nitrogens with one attached hydrogen (secondary N) is 2. The number of guanidine groups is 1. The molecule has 0 saturated carbocycles. The van der Waals surface area contributed by atoms with Gasteiger partial charge < -0.3 is 15.5 Å². The largest absolute Gasteiger partial charge is 0.356 e. The number of piperidine rings is 1. The molecule has 1 unspecified atom stereocenters. The minimum atomic E-state index is 0. The Hall–Kier alpha value is -1.10. The highest BCUT2D eigenvalue weighted by Crippen LogP contribution is 2.16. The third kappa shape index (κ3) is 6.97. The van der Waals surface area contributed by atoms with Crippen molar-refractivity contribution in [1.82, 2.24) is 29.9 Å².